The number of halogens is 1. The van der Waals surface area contributed by atoms with Crippen LogP contribution < -0.4 is 12.4 Å². The zero-order chi connectivity index (χ0) is 14.2. The van der Waals surface area contributed by atoms with E-state index in [-0.39, 0.29) is 12.4 Å². The maximum Gasteiger partial charge on any atom is 0.506 e. The molecule has 1 heterocycles. The summed E-state index contributed by atoms with van der Waals surface area (Å²) in [6.07, 6.45) is 4.09. The molecule has 0 atom stereocenters. The molecule has 0 radical (unpaired) electrons. The van der Waals surface area contributed by atoms with Crippen molar-refractivity contribution in [3.63, 3.8) is 0 Å². The lowest BCUT2D eigenvalue weighted by Gasteiger charge is -2.39. The molecule has 0 N–H and O–H groups in total. The Hall–Kier alpha value is 0.347. The summed E-state index contributed by atoms with van der Waals surface area (Å²) in [4.78, 5) is 0. The van der Waals surface area contributed by atoms with Crippen molar-refractivity contribution in [2.75, 3.05) is 46.5 Å². The lowest BCUT2D eigenvalue weighted by atomic mass is 10.1. The minimum absolute atomic E-state index is 0. The average molecular weight is 326 g/mol. The van der Waals surface area contributed by atoms with Crippen LogP contribution >= 0.6 is 0 Å². The van der Waals surface area contributed by atoms with Gasteiger partial charge in [-0.05, 0) is 40.0 Å². The van der Waals surface area contributed by atoms with Gasteiger partial charge in [-0.25, -0.2) is 0 Å². The highest BCUT2D eigenvalue weighted by atomic mass is 35.5. The third kappa shape index (κ3) is 6.41. The minimum atomic E-state index is -2.44. The van der Waals surface area contributed by atoms with E-state index in [1.807, 2.05) is 20.8 Å². The van der Waals surface area contributed by atoms with E-state index in [1.54, 1.807) is 0 Å². The largest absolute Gasteiger partial charge is 1.00 e. The van der Waals surface area contributed by atoms with E-state index >= 15 is 0 Å². The highest BCUT2D eigenvalue weighted by Gasteiger charge is 2.43. The van der Waals surface area contributed by atoms with Crippen LogP contribution in [0.4, 0.5) is 0 Å². The molecule has 1 saturated heterocycles. The van der Waals surface area contributed by atoms with Crippen molar-refractivity contribution in [1.29, 1.82) is 0 Å². The third-order valence-electron chi connectivity index (χ3n) is 3.95. The first-order chi connectivity index (χ1) is 9.10. The van der Waals surface area contributed by atoms with E-state index in [1.165, 1.54) is 32.4 Å². The fourth-order valence-corrected chi connectivity index (χ4v) is 5.72. The molecule has 1 aliphatic heterocycles. The SMILES string of the molecule is CCO[Si](CC[N+]1(C)CCCCC1)(OCC)OCC.[Cl-]. The predicted molar refractivity (Wildman–Crippen MR) is 80.1 cm³/mol. The first kappa shape index (κ1) is 20.3. The summed E-state index contributed by atoms with van der Waals surface area (Å²) in [6.45, 7) is 11.8. The van der Waals surface area contributed by atoms with E-state index in [0.29, 0.717) is 19.8 Å². The Morgan fingerprint density at radius 1 is 0.850 bits per heavy atom. The van der Waals surface area contributed by atoms with Crippen LogP contribution in [0, 0.1) is 0 Å². The third-order valence-corrected chi connectivity index (χ3v) is 6.97. The van der Waals surface area contributed by atoms with Gasteiger partial charge in [0.05, 0.1) is 32.7 Å². The van der Waals surface area contributed by atoms with Crippen LogP contribution in [-0.2, 0) is 13.3 Å². The molecule has 0 aliphatic carbocycles. The number of quaternary nitrogens is 1. The highest BCUT2D eigenvalue weighted by Crippen LogP contribution is 2.22. The van der Waals surface area contributed by atoms with Crippen molar-refractivity contribution < 1.29 is 30.2 Å². The fourth-order valence-electron chi connectivity index (χ4n) is 2.91. The van der Waals surface area contributed by atoms with Crippen LogP contribution in [-0.4, -0.2) is 59.8 Å². The zero-order valence-electron chi connectivity index (χ0n) is 13.6. The average Bonchev–Trinajstić information content (AvgIpc) is 2.39. The molecule has 1 aliphatic rings. The summed E-state index contributed by atoms with van der Waals surface area (Å²) in [5.41, 5.74) is 0. The minimum Gasteiger partial charge on any atom is -1.00 e. The van der Waals surface area contributed by atoms with Gasteiger partial charge in [-0.1, -0.05) is 0 Å². The molecular formula is C14H32ClNO3Si. The van der Waals surface area contributed by atoms with E-state index in [2.05, 4.69) is 7.05 Å². The lowest BCUT2D eigenvalue weighted by molar-refractivity contribution is -0.912. The topological polar surface area (TPSA) is 27.7 Å². The number of nitrogens with zero attached hydrogens (tertiary/aromatic N) is 1. The summed E-state index contributed by atoms with van der Waals surface area (Å²) >= 11 is 0. The van der Waals surface area contributed by atoms with Gasteiger partial charge in [0.1, 0.15) is 0 Å². The molecule has 6 heteroatoms. The summed E-state index contributed by atoms with van der Waals surface area (Å²) in [6, 6.07) is 0.943. The van der Waals surface area contributed by atoms with E-state index in [9.17, 15) is 0 Å². The van der Waals surface area contributed by atoms with Gasteiger partial charge in [-0.3, -0.25) is 0 Å². The molecule has 1 fully saturated rings. The zero-order valence-corrected chi connectivity index (χ0v) is 15.4. The normalized spacial score (nSPS) is 18.6. The van der Waals surface area contributed by atoms with E-state index in [4.69, 9.17) is 13.3 Å². The number of rotatable bonds is 9. The van der Waals surface area contributed by atoms with Gasteiger partial charge in [0.2, 0.25) is 0 Å². The van der Waals surface area contributed by atoms with Gasteiger partial charge in [0, 0.05) is 19.8 Å². The van der Waals surface area contributed by atoms with Crippen molar-refractivity contribution in [3.05, 3.63) is 0 Å². The maximum absolute atomic E-state index is 5.93. The summed E-state index contributed by atoms with van der Waals surface area (Å²) in [5, 5.41) is 0. The number of likely N-dealkylation sites (tertiary alicyclic amines) is 1. The van der Waals surface area contributed by atoms with Gasteiger partial charge in [-0.2, -0.15) is 0 Å². The number of piperidine rings is 1. The van der Waals surface area contributed by atoms with Gasteiger partial charge < -0.3 is 30.2 Å². The predicted octanol–water partition coefficient (Wildman–Crippen LogP) is -0.331. The second-order valence-corrected chi connectivity index (χ2v) is 8.32. The smallest absolute Gasteiger partial charge is 0.506 e. The molecular weight excluding hydrogens is 294 g/mol. The van der Waals surface area contributed by atoms with Crippen molar-refractivity contribution in [2.24, 2.45) is 0 Å². The fraction of sp³-hybridized carbons (Fsp3) is 1.00. The number of hydrogen-bond donors (Lipinski definition) is 0. The highest BCUT2D eigenvalue weighted by molar-refractivity contribution is 6.60. The van der Waals surface area contributed by atoms with Crippen LogP contribution in [0.5, 0.6) is 0 Å². The van der Waals surface area contributed by atoms with Crippen LogP contribution in [0.25, 0.3) is 0 Å². The molecule has 4 nitrogen and oxygen atoms in total. The summed E-state index contributed by atoms with van der Waals surface area (Å²) < 4.78 is 18.9. The molecule has 0 aromatic rings. The first-order valence-corrected chi connectivity index (χ1v) is 9.78. The van der Waals surface area contributed by atoms with Gasteiger partial charge in [0.25, 0.3) is 0 Å². The Kier molecular flexibility index (Phi) is 10.3. The Morgan fingerprint density at radius 3 is 1.70 bits per heavy atom. The second-order valence-electron chi connectivity index (χ2n) is 5.58. The standard InChI is InChI=1S/C14H32NO3Si.ClH/c1-5-16-19(17-6-2,18-7-3)14-13-15(4)11-9-8-10-12-15;/h5-14H2,1-4H3;1H/q+1;/p-1. The molecule has 0 aromatic carbocycles. The van der Waals surface area contributed by atoms with Gasteiger partial charge in [-0.15, -0.1) is 0 Å². The second kappa shape index (κ2) is 10.1. The van der Waals surface area contributed by atoms with Gasteiger partial charge >= 0.3 is 8.80 Å². The monoisotopic (exact) mass is 325 g/mol. The number of hydrogen-bond acceptors (Lipinski definition) is 3. The van der Waals surface area contributed by atoms with Crippen LogP contribution in [0.2, 0.25) is 6.04 Å². The van der Waals surface area contributed by atoms with Crippen LogP contribution in [0.15, 0.2) is 0 Å². The van der Waals surface area contributed by atoms with Crippen molar-refractivity contribution >= 4 is 8.80 Å². The molecule has 0 aromatic heterocycles. The Morgan fingerprint density at radius 2 is 1.30 bits per heavy atom. The van der Waals surface area contributed by atoms with Crippen LogP contribution in [0.3, 0.4) is 0 Å². The lowest BCUT2D eigenvalue weighted by Crippen LogP contribution is -3.00. The molecule has 0 saturated carbocycles. The molecule has 0 bridgehead atoms. The van der Waals surface area contributed by atoms with E-state index in [0.717, 1.165) is 17.1 Å². The summed E-state index contributed by atoms with van der Waals surface area (Å²) in [5.74, 6) is 0. The Bertz CT molecular complexity index is 234. The molecule has 0 spiro atoms. The Labute approximate surface area is 132 Å². The molecule has 20 heavy (non-hydrogen) atoms. The molecule has 0 amide bonds. The van der Waals surface area contributed by atoms with Gasteiger partial charge in [0.15, 0.2) is 0 Å². The summed E-state index contributed by atoms with van der Waals surface area (Å²) in [7, 11) is -0.0789. The first-order valence-electron chi connectivity index (χ1n) is 7.85. The van der Waals surface area contributed by atoms with Crippen LogP contribution in [0.1, 0.15) is 40.0 Å². The van der Waals surface area contributed by atoms with Crippen molar-refractivity contribution in [1.82, 2.24) is 0 Å². The van der Waals surface area contributed by atoms with Crippen molar-refractivity contribution in [2.45, 2.75) is 46.1 Å². The molecule has 122 valence electrons. The quantitative estimate of drug-likeness (QED) is 0.429. The molecule has 0 unspecified atom stereocenters. The van der Waals surface area contributed by atoms with Crippen molar-refractivity contribution in [3.8, 4) is 0 Å². The molecule has 1 rings (SSSR count). The maximum atomic E-state index is 5.93. The Balaban J connectivity index is 0.00000361. The van der Waals surface area contributed by atoms with E-state index < -0.39 is 8.80 Å².